The predicted octanol–water partition coefficient (Wildman–Crippen LogP) is 6.50. The van der Waals surface area contributed by atoms with Gasteiger partial charge in [0, 0.05) is 6.42 Å². The molecule has 5 aromatic carbocycles. The zero-order valence-electron chi connectivity index (χ0n) is 23.5. The Kier molecular flexibility index (Phi) is 9.10. The number of esters is 1. The topological polar surface area (TPSA) is 64.6 Å². The fraction of sp³-hybridized carbons (Fsp3) is 0.135. The molecule has 0 radical (unpaired) electrons. The van der Waals surface area contributed by atoms with E-state index in [1.807, 2.05) is 146 Å². The van der Waals surface area contributed by atoms with Gasteiger partial charge in [-0.05, 0) is 39.9 Å². The van der Waals surface area contributed by atoms with Gasteiger partial charge in [0.2, 0.25) is 5.91 Å². The third-order valence-electron chi connectivity index (χ3n) is 7.36. The van der Waals surface area contributed by atoms with Crippen molar-refractivity contribution in [2.24, 2.45) is 0 Å². The normalized spacial score (nSPS) is 11.7. The molecule has 5 rings (SSSR count). The van der Waals surface area contributed by atoms with Crippen LogP contribution in [0.15, 0.2) is 146 Å². The second-order valence-electron chi connectivity index (χ2n) is 10.0. The number of carbonyl (C=O) groups excluding carboxylic acids is 2. The van der Waals surface area contributed by atoms with Crippen LogP contribution in [0.3, 0.4) is 0 Å². The summed E-state index contributed by atoms with van der Waals surface area (Å²) in [6.07, 6.45) is 0.256. The van der Waals surface area contributed by atoms with Gasteiger partial charge in [0.1, 0.15) is 23.8 Å². The van der Waals surface area contributed by atoms with E-state index in [0.717, 1.165) is 33.6 Å². The molecule has 0 spiro atoms. The Bertz CT molecular complexity index is 1470. The van der Waals surface area contributed by atoms with Crippen LogP contribution in [-0.2, 0) is 32.8 Å². The summed E-state index contributed by atoms with van der Waals surface area (Å²) in [4.78, 5) is 27.7. The number of carbonyl (C=O) groups is 2. The molecule has 0 saturated carbocycles. The highest BCUT2D eigenvalue weighted by Gasteiger charge is 2.45. The molecule has 1 amide bonds. The van der Waals surface area contributed by atoms with Crippen LogP contribution in [0, 0.1) is 0 Å². The monoisotopic (exact) mass is 555 g/mol. The summed E-state index contributed by atoms with van der Waals surface area (Å²) < 4.78 is 11.1. The first-order valence-corrected chi connectivity index (χ1v) is 13.9. The summed E-state index contributed by atoms with van der Waals surface area (Å²) in [5.74, 6) is -0.113. The van der Waals surface area contributed by atoms with Gasteiger partial charge in [-0.1, -0.05) is 133 Å². The second-order valence-corrected chi connectivity index (χ2v) is 10.0. The van der Waals surface area contributed by atoms with Gasteiger partial charge in [0.15, 0.2) is 0 Å². The number of hydrogen-bond donors (Lipinski definition) is 1. The molecule has 0 aliphatic heterocycles. The van der Waals surface area contributed by atoms with E-state index in [9.17, 15) is 9.59 Å². The van der Waals surface area contributed by atoms with Crippen LogP contribution in [-0.4, -0.2) is 25.0 Å². The summed E-state index contributed by atoms with van der Waals surface area (Å²) in [5.41, 5.74) is 3.12. The van der Waals surface area contributed by atoms with E-state index in [1.54, 1.807) is 0 Å². The molecule has 5 aromatic rings. The summed E-state index contributed by atoms with van der Waals surface area (Å²) >= 11 is 0. The molecule has 0 fully saturated rings. The van der Waals surface area contributed by atoms with Crippen LogP contribution in [0.5, 0.6) is 5.75 Å². The molecule has 42 heavy (non-hydrogen) atoms. The molecule has 0 saturated heterocycles. The van der Waals surface area contributed by atoms with Crippen molar-refractivity contribution < 1.29 is 19.1 Å². The molecule has 1 atom stereocenters. The number of ether oxygens (including phenoxy) is 2. The molecular weight excluding hydrogens is 522 g/mol. The maximum Gasteiger partial charge on any atom is 0.328 e. The Morgan fingerprint density at radius 1 is 0.619 bits per heavy atom. The SMILES string of the molecule is COC(=O)[C@@H](Cc1ccc(OCc2ccccc2)cc1)NC(=O)C(c1ccccc1)(c1ccccc1)c1ccccc1. The molecule has 1 N–H and O–H groups in total. The second kappa shape index (κ2) is 13.5. The number of benzene rings is 5. The van der Waals surface area contributed by atoms with E-state index in [4.69, 9.17) is 9.47 Å². The number of rotatable bonds is 11. The molecule has 0 aliphatic carbocycles. The molecule has 210 valence electrons. The third-order valence-corrected chi connectivity index (χ3v) is 7.36. The zero-order chi connectivity index (χ0) is 29.2. The lowest BCUT2D eigenvalue weighted by Crippen LogP contribution is -2.52. The van der Waals surface area contributed by atoms with Gasteiger partial charge in [-0.2, -0.15) is 0 Å². The minimum absolute atomic E-state index is 0.256. The lowest BCUT2D eigenvalue weighted by Gasteiger charge is -2.35. The van der Waals surface area contributed by atoms with Crippen molar-refractivity contribution in [2.75, 3.05) is 7.11 Å². The van der Waals surface area contributed by atoms with Crippen LogP contribution < -0.4 is 10.1 Å². The largest absolute Gasteiger partial charge is 0.489 e. The fourth-order valence-electron chi connectivity index (χ4n) is 5.26. The van der Waals surface area contributed by atoms with E-state index < -0.39 is 17.4 Å². The first-order chi connectivity index (χ1) is 20.6. The van der Waals surface area contributed by atoms with Crippen molar-refractivity contribution in [2.45, 2.75) is 24.5 Å². The fourth-order valence-corrected chi connectivity index (χ4v) is 5.26. The Hall–Kier alpha value is -5.16. The van der Waals surface area contributed by atoms with E-state index in [1.165, 1.54) is 7.11 Å². The van der Waals surface area contributed by atoms with Gasteiger partial charge in [-0.25, -0.2) is 4.79 Å². The standard InChI is InChI=1S/C37H33NO4/c1-41-35(39)34(26-28-22-24-33(25-23-28)42-27-29-14-6-2-7-15-29)38-36(40)37(30-16-8-3-9-17-30,31-18-10-4-11-19-31)32-20-12-5-13-21-32/h2-25,34H,26-27H2,1H3,(H,38,40)/t34-/m1/s1. The van der Waals surface area contributed by atoms with Crippen molar-refractivity contribution in [1.82, 2.24) is 5.32 Å². The molecule has 0 heterocycles. The number of amides is 1. The van der Waals surface area contributed by atoms with E-state index in [0.29, 0.717) is 6.61 Å². The third kappa shape index (κ3) is 6.26. The van der Waals surface area contributed by atoms with Crippen LogP contribution in [0.2, 0.25) is 0 Å². The minimum atomic E-state index is -1.20. The maximum absolute atomic E-state index is 14.6. The van der Waals surface area contributed by atoms with Gasteiger partial charge in [-0.15, -0.1) is 0 Å². The minimum Gasteiger partial charge on any atom is -0.489 e. The van der Waals surface area contributed by atoms with Crippen molar-refractivity contribution in [3.8, 4) is 5.75 Å². The van der Waals surface area contributed by atoms with Crippen LogP contribution in [0.4, 0.5) is 0 Å². The average molecular weight is 556 g/mol. The van der Waals surface area contributed by atoms with Gasteiger partial charge in [-0.3, -0.25) is 4.79 Å². The summed E-state index contributed by atoms with van der Waals surface area (Å²) in [7, 11) is 1.33. The number of hydrogen-bond acceptors (Lipinski definition) is 4. The lowest BCUT2D eigenvalue weighted by atomic mass is 9.68. The number of methoxy groups -OCH3 is 1. The Labute approximate surface area is 246 Å². The molecule has 0 aliphatic rings. The van der Waals surface area contributed by atoms with Gasteiger partial charge in [0.25, 0.3) is 0 Å². The first-order valence-electron chi connectivity index (χ1n) is 13.9. The van der Waals surface area contributed by atoms with Gasteiger partial charge < -0.3 is 14.8 Å². The lowest BCUT2D eigenvalue weighted by molar-refractivity contribution is -0.145. The van der Waals surface area contributed by atoms with Crippen molar-refractivity contribution in [3.05, 3.63) is 173 Å². The molecule has 5 heteroatoms. The number of nitrogens with one attached hydrogen (secondary N) is 1. The Balaban J connectivity index is 1.45. The molecule has 0 aromatic heterocycles. The van der Waals surface area contributed by atoms with Crippen LogP contribution >= 0.6 is 0 Å². The maximum atomic E-state index is 14.6. The summed E-state index contributed by atoms with van der Waals surface area (Å²) in [5, 5.41) is 3.07. The summed E-state index contributed by atoms with van der Waals surface area (Å²) in [6.45, 7) is 0.460. The van der Waals surface area contributed by atoms with Crippen molar-refractivity contribution >= 4 is 11.9 Å². The average Bonchev–Trinajstić information content (AvgIpc) is 3.06. The van der Waals surface area contributed by atoms with E-state index in [2.05, 4.69) is 5.32 Å². The van der Waals surface area contributed by atoms with Crippen LogP contribution in [0.1, 0.15) is 27.8 Å². The predicted molar refractivity (Wildman–Crippen MR) is 164 cm³/mol. The quantitative estimate of drug-likeness (QED) is 0.149. The molecular formula is C37H33NO4. The highest BCUT2D eigenvalue weighted by molar-refractivity contribution is 5.98. The van der Waals surface area contributed by atoms with Crippen LogP contribution in [0.25, 0.3) is 0 Å². The first kappa shape index (κ1) is 28.4. The molecule has 0 bridgehead atoms. The van der Waals surface area contributed by atoms with Gasteiger partial charge in [0.05, 0.1) is 7.11 Å². The molecule has 5 nitrogen and oxygen atoms in total. The van der Waals surface area contributed by atoms with Gasteiger partial charge >= 0.3 is 5.97 Å². The molecule has 0 unspecified atom stereocenters. The Morgan fingerprint density at radius 3 is 1.52 bits per heavy atom. The Morgan fingerprint density at radius 2 is 1.07 bits per heavy atom. The van der Waals surface area contributed by atoms with E-state index >= 15 is 0 Å². The highest BCUT2D eigenvalue weighted by Crippen LogP contribution is 2.39. The van der Waals surface area contributed by atoms with Crippen molar-refractivity contribution in [3.63, 3.8) is 0 Å². The highest BCUT2D eigenvalue weighted by atomic mass is 16.5. The van der Waals surface area contributed by atoms with E-state index in [-0.39, 0.29) is 12.3 Å². The van der Waals surface area contributed by atoms with Crippen molar-refractivity contribution in [1.29, 1.82) is 0 Å². The smallest absolute Gasteiger partial charge is 0.328 e. The summed E-state index contributed by atoms with van der Waals surface area (Å²) in [6, 6.07) is 45.5. The zero-order valence-corrected chi connectivity index (χ0v) is 23.5.